The van der Waals surface area contributed by atoms with Gasteiger partial charge in [0.25, 0.3) is 0 Å². The highest BCUT2D eigenvalue weighted by Crippen LogP contribution is 2.36. The second-order valence-corrected chi connectivity index (χ2v) is 13.1. The lowest BCUT2D eigenvalue weighted by molar-refractivity contribution is 1.25. The van der Waals surface area contributed by atoms with Gasteiger partial charge in [-0.2, -0.15) is 0 Å². The van der Waals surface area contributed by atoms with Crippen LogP contribution in [-0.2, 0) is 0 Å². The Bertz CT molecular complexity index is 2460. The van der Waals surface area contributed by atoms with Crippen LogP contribution in [0.4, 0.5) is 0 Å². The Morgan fingerprint density at radius 1 is 0.392 bits per heavy atom. The monoisotopic (exact) mass is 654 g/mol. The zero-order valence-electron chi connectivity index (χ0n) is 28.4. The molecule has 0 aliphatic carbocycles. The molecule has 242 valence electrons. The fraction of sp³-hybridized carbons (Fsp3) is 0.0426. The molecule has 1 N–H and O–H groups in total. The summed E-state index contributed by atoms with van der Waals surface area (Å²) >= 11 is 0. The van der Waals surface area contributed by atoms with E-state index in [-0.39, 0.29) is 0 Å². The first-order chi connectivity index (χ1) is 25.1. The summed E-state index contributed by atoms with van der Waals surface area (Å²) in [5.41, 5.74) is 16.4. The molecular formula is C47H34N4. The number of pyridine rings is 1. The largest absolute Gasteiger partial charge is 0.354 e. The van der Waals surface area contributed by atoms with Crippen LogP contribution in [0.1, 0.15) is 44.5 Å². The van der Waals surface area contributed by atoms with Crippen molar-refractivity contribution < 1.29 is 0 Å². The molecule has 0 unspecified atom stereocenters. The first-order valence-electron chi connectivity index (χ1n) is 17.3. The van der Waals surface area contributed by atoms with Crippen molar-refractivity contribution in [3.8, 4) is 0 Å². The van der Waals surface area contributed by atoms with Crippen LogP contribution in [0.2, 0.25) is 0 Å². The maximum atomic E-state index is 5.39. The van der Waals surface area contributed by atoms with Crippen LogP contribution in [0.15, 0.2) is 185 Å². The number of fused-ring (bicyclic) bond motifs is 6. The zero-order valence-corrected chi connectivity index (χ0v) is 28.4. The van der Waals surface area contributed by atoms with E-state index in [4.69, 9.17) is 15.0 Å². The molecule has 0 atom stereocenters. The topological polar surface area (TPSA) is 53.4 Å². The molecular weight excluding hydrogens is 621 g/mol. The van der Waals surface area contributed by atoms with Crippen molar-refractivity contribution in [2.75, 3.05) is 0 Å². The van der Waals surface area contributed by atoms with Crippen molar-refractivity contribution in [3.05, 3.63) is 231 Å². The maximum absolute atomic E-state index is 5.39. The number of allylic oxidation sites excluding steroid dienone is 4. The van der Waals surface area contributed by atoms with E-state index in [1.165, 1.54) is 11.1 Å². The maximum Gasteiger partial charge on any atom is 0.0737 e. The molecule has 0 amide bonds. The summed E-state index contributed by atoms with van der Waals surface area (Å²) in [6, 6.07) is 44.9. The fourth-order valence-corrected chi connectivity index (χ4v) is 7.14. The van der Waals surface area contributed by atoms with E-state index in [0.29, 0.717) is 0 Å². The standard InChI is InChI=1S/C47H34N4/c1-30-13-17-34(18-14-30)46-40-23-21-38(49-40)44(32-9-5-3-6-10-32)36-27-37(29-48-28-36)45(33-11-7-4-8-12-33)39-22-24-41(50-39)47(43-26-25-42(46)51-43)35-19-15-31(2)16-20-35/h3-29,51H,1-2H3. The third-order valence-corrected chi connectivity index (χ3v) is 9.65. The number of benzene rings is 4. The molecule has 9 rings (SSSR count). The molecule has 4 heteroatoms. The predicted molar refractivity (Wildman–Crippen MR) is 210 cm³/mol. The zero-order chi connectivity index (χ0) is 34.3. The summed E-state index contributed by atoms with van der Waals surface area (Å²) < 4.78 is 0. The first-order valence-corrected chi connectivity index (χ1v) is 17.3. The van der Waals surface area contributed by atoms with Crippen molar-refractivity contribution >= 4 is 33.7 Å². The minimum atomic E-state index is 0.889. The van der Waals surface area contributed by atoms with Crippen molar-refractivity contribution in [2.45, 2.75) is 13.8 Å². The van der Waals surface area contributed by atoms with Crippen LogP contribution in [0.25, 0.3) is 22.3 Å². The molecule has 0 fully saturated rings. The minimum Gasteiger partial charge on any atom is -0.354 e. The lowest BCUT2D eigenvalue weighted by Gasteiger charge is -2.15. The van der Waals surface area contributed by atoms with Gasteiger partial charge in [-0.15, -0.1) is 0 Å². The van der Waals surface area contributed by atoms with Gasteiger partial charge in [0.2, 0.25) is 0 Å². The second-order valence-electron chi connectivity index (χ2n) is 13.1. The number of aliphatic imine (C=N–C) groups is 2. The van der Waals surface area contributed by atoms with Gasteiger partial charge in [-0.05, 0) is 78.6 Å². The van der Waals surface area contributed by atoms with Crippen LogP contribution in [0, 0.1) is 13.8 Å². The number of hydrogen-bond donors (Lipinski definition) is 1. The van der Waals surface area contributed by atoms with Gasteiger partial charge >= 0.3 is 0 Å². The molecule has 51 heavy (non-hydrogen) atoms. The highest BCUT2D eigenvalue weighted by atomic mass is 14.8. The Kier molecular flexibility index (Phi) is 7.55. The molecule has 8 bridgehead atoms. The van der Waals surface area contributed by atoms with Crippen LogP contribution in [0.5, 0.6) is 0 Å². The molecule has 3 aliphatic rings. The molecule has 0 spiro atoms. The number of rotatable bonds is 4. The van der Waals surface area contributed by atoms with Gasteiger partial charge in [0.1, 0.15) is 0 Å². The molecule has 0 radical (unpaired) electrons. The summed E-state index contributed by atoms with van der Waals surface area (Å²) in [6.07, 6.45) is 12.4. The third-order valence-electron chi connectivity index (χ3n) is 9.65. The molecule has 2 aromatic heterocycles. The van der Waals surface area contributed by atoms with E-state index in [9.17, 15) is 0 Å². The van der Waals surface area contributed by atoms with Gasteiger partial charge in [-0.3, -0.25) is 4.98 Å². The predicted octanol–water partition coefficient (Wildman–Crippen LogP) is 8.68. The smallest absolute Gasteiger partial charge is 0.0737 e. The summed E-state index contributed by atoms with van der Waals surface area (Å²) in [5, 5.41) is 1.98. The number of aryl methyl sites for hydroxylation is 2. The van der Waals surface area contributed by atoms with Crippen LogP contribution in [0.3, 0.4) is 0 Å². The van der Waals surface area contributed by atoms with E-state index in [1.54, 1.807) is 0 Å². The lowest BCUT2D eigenvalue weighted by Crippen LogP contribution is -2.21. The van der Waals surface area contributed by atoms with E-state index >= 15 is 0 Å². The summed E-state index contributed by atoms with van der Waals surface area (Å²) in [4.78, 5) is 19.5. The fourth-order valence-electron chi connectivity index (χ4n) is 7.14. The number of nitrogens with zero attached hydrogens (tertiary/aromatic N) is 3. The van der Waals surface area contributed by atoms with E-state index in [0.717, 1.165) is 89.2 Å². The highest BCUT2D eigenvalue weighted by molar-refractivity contribution is 6.31. The Morgan fingerprint density at radius 3 is 1.24 bits per heavy atom. The molecule has 0 saturated heterocycles. The number of aromatic nitrogens is 2. The molecule has 4 aromatic carbocycles. The average molecular weight is 655 g/mol. The van der Waals surface area contributed by atoms with Crippen LogP contribution >= 0.6 is 0 Å². The molecule has 3 aliphatic heterocycles. The number of aromatic amines is 1. The van der Waals surface area contributed by atoms with Gasteiger partial charge in [0, 0.05) is 56.5 Å². The SMILES string of the molecule is Cc1ccc(C2=c3ccc([nH]3)=C(c3ccc(C)cc3)C3=NC(=C(c4ccccc4)c4cncc(c4)C(c4ccccc4)=C4C=CC2=N4)C=C3)cc1. The lowest BCUT2D eigenvalue weighted by atomic mass is 9.92. The van der Waals surface area contributed by atoms with Gasteiger partial charge in [0.05, 0.1) is 22.8 Å². The van der Waals surface area contributed by atoms with Crippen LogP contribution in [-0.4, -0.2) is 21.4 Å². The van der Waals surface area contributed by atoms with Crippen molar-refractivity contribution in [3.63, 3.8) is 0 Å². The van der Waals surface area contributed by atoms with Crippen molar-refractivity contribution in [2.24, 2.45) is 9.98 Å². The molecule has 6 aromatic rings. The molecule has 4 nitrogen and oxygen atoms in total. The Balaban J connectivity index is 1.43. The summed E-state index contributed by atoms with van der Waals surface area (Å²) in [7, 11) is 0. The molecule has 0 saturated carbocycles. The Morgan fingerprint density at radius 2 is 0.804 bits per heavy atom. The van der Waals surface area contributed by atoms with Crippen LogP contribution < -0.4 is 10.7 Å². The first kappa shape index (κ1) is 30.4. The quantitative estimate of drug-likeness (QED) is 0.203. The van der Waals surface area contributed by atoms with Gasteiger partial charge in [-0.1, -0.05) is 120 Å². The van der Waals surface area contributed by atoms with Crippen molar-refractivity contribution in [1.29, 1.82) is 0 Å². The molecule has 5 heterocycles. The minimum absolute atomic E-state index is 0.889. The average Bonchev–Trinajstić information content (AvgIpc) is 3.95. The number of hydrogen-bond acceptors (Lipinski definition) is 3. The van der Waals surface area contributed by atoms with Crippen molar-refractivity contribution in [1.82, 2.24) is 9.97 Å². The van der Waals surface area contributed by atoms with Gasteiger partial charge in [-0.25, -0.2) is 9.98 Å². The Hall–Kier alpha value is -6.65. The van der Waals surface area contributed by atoms with Gasteiger partial charge < -0.3 is 4.98 Å². The normalized spacial score (nSPS) is 15.1. The summed E-state index contributed by atoms with van der Waals surface area (Å²) in [6.45, 7) is 4.24. The second kappa shape index (κ2) is 12.7. The Labute approximate surface area is 297 Å². The number of nitrogens with one attached hydrogen (secondary N) is 1. The number of H-pyrrole nitrogens is 1. The summed E-state index contributed by atoms with van der Waals surface area (Å²) in [5.74, 6) is 0. The van der Waals surface area contributed by atoms with E-state index < -0.39 is 0 Å². The van der Waals surface area contributed by atoms with E-state index in [1.807, 2.05) is 24.5 Å². The third kappa shape index (κ3) is 5.67. The van der Waals surface area contributed by atoms with E-state index in [2.05, 4.69) is 158 Å². The highest BCUT2D eigenvalue weighted by Gasteiger charge is 2.23. The van der Waals surface area contributed by atoms with Gasteiger partial charge in [0.15, 0.2) is 0 Å².